The summed E-state index contributed by atoms with van der Waals surface area (Å²) in [5, 5.41) is 2.67. The van der Waals surface area contributed by atoms with Crippen LogP contribution in [0.15, 0.2) is 46.9 Å². The number of carbonyl (C=O) groups excluding carboxylic acids is 2. The van der Waals surface area contributed by atoms with Crippen molar-refractivity contribution < 1.29 is 23.8 Å². The van der Waals surface area contributed by atoms with E-state index in [-0.39, 0.29) is 6.61 Å². The predicted molar refractivity (Wildman–Crippen MR) is 102 cm³/mol. The molecule has 0 saturated heterocycles. The average Bonchev–Trinajstić information content (AvgIpc) is 2.62. The van der Waals surface area contributed by atoms with Gasteiger partial charge in [-0.3, -0.25) is 4.79 Å². The molecule has 0 aliphatic carbocycles. The number of ether oxygens (including phenoxy) is 3. The molecule has 26 heavy (non-hydrogen) atoms. The highest BCUT2D eigenvalue weighted by atomic mass is 79.9. The smallest absolute Gasteiger partial charge is 0.338 e. The van der Waals surface area contributed by atoms with Gasteiger partial charge >= 0.3 is 5.97 Å². The first-order chi connectivity index (χ1) is 12.5. The molecule has 0 aliphatic rings. The lowest BCUT2D eigenvalue weighted by Crippen LogP contribution is -2.21. The fourth-order valence-electron chi connectivity index (χ4n) is 2.16. The molecule has 0 bridgehead atoms. The number of hydrogen-bond acceptors (Lipinski definition) is 5. The number of nitrogens with one attached hydrogen (secondary N) is 1. The van der Waals surface area contributed by atoms with Gasteiger partial charge in [0.2, 0.25) is 0 Å². The second-order valence-electron chi connectivity index (χ2n) is 5.16. The monoisotopic (exact) mass is 421 g/mol. The van der Waals surface area contributed by atoms with Crippen LogP contribution in [-0.4, -0.2) is 31.7 Å². The summed E-state index contributed by atoms with van der Waals surface area (Å²) in [5.41, 5.74) is 0.896. The van der Waals surface area contributed by atoms with Gasteiger partial charge in [0.05, 0.1) is 18.8 Å². The van der Waals surface area contributed by atoms with Crippen LogP contribution in [0.4, 0.5) is 5.69 Å². The van der Waals surface area contributed by atoms with Crippen LogP contribution >= 0.6 is 15.9 Å². The molecule has 6 nitrogen and oxygen atoms in total. The minimum atomic E-state index is -0.567. The van der Waals surface area contributed by atoms with Crippen LogP contribution in [0.2, 0.25) is 0 Å². The van der Waals surface area contributed by atoms with Gasteiger partial charge in [-0.25, -0.2) is 4.79 Å². The molecular weight excluding hydrogens is 402 g/mol. The van der Waals surface area contributed by atoms with Gasteiger partial charge in [0.15, 0.2) is 18.1 Å². The lowest BCUT2D eigenvalue weighted by atomic mass is 10.2. The first-order valence-electron chi connectivity index (χ1n) is 8.15. The third-order valence-electron chi connectivity index (χ3n) is 3.22. The topological polar surface area (TPSA) is 73.9 Å². The molecule has 2 rings (SSSR count). The molecular formula is C19H20BrNO5. The third kappa shape index (κ3) is 5.77. The Bertz CT molecular complexity index is 778. The molecule has 2 aromatic rings. The van der Waals surface area contributed by atoms with Crippen molar-refractivity contribution in [2.45, 2.75) is 13.8 Å². The maximum atomic E-state index is 12.0. The number of halogens is 1. The van der Waals surface area contributed by atoms with Gasteiger partial charge in [0.1, 0.15) is 0 Å². The van der Waals surface area contributed by atoms with Crippen LogP contribution in [0.3, 0.4) is 0 Å². The molecule has 0 spiro atoms. The lowest BCUT2D eigenvalue weighted by Gasteiger charge is -2.13. The van der Waals surface area contributed by atoms with E-state index in [0.717, 1.165) is 4.47 Å². The molecule has 0 radical (unpaired) electrons. The number of benzene rings is 2. The summed E-state index contributed by atoms with van der Waals surface area (Å²) in [5.74, 6) is 0.134. The zero-order chi connectivity index (χ0) is 18.9. The van der Waals surface area contributed by atoms with E-state index in [1.54, 1.807) is 42.5 Å². The van der Waals surface area contributed by atoms with Crippen LogP contribution in [0, 0.1) is 0 Å². The second kappa shape index (κ2) is 9.82. The molecule has 7 heteroatoms. The highest BCUT2D eigenvalue weighted by Gasteiger charge is 2.12. The Morgan fingerprint density at radius 3 is 2.42 bits per heavy atom. The Labute approximate surface area is 160 Å². The van der Waals surface area contributed by atoms with E-state index in [0.29, 0.717) is 36.0 Å². The Morgan fingerprint density at radius 1 is 1.00 bits per heavy atom. The van der Waals surface area contributed by atoms with Crippen molar-refractivity contribution in [2.75, 3.05) is 25.1 Å². The number of rotatable bonds is 8. The summed E-state index contributed by atoms with van der Waals surface area (Å²) in [6.07, 6.45) is 0. The van der Waals surface area contributed by atoms with Gasteiger partial charge in [-0.15, -0.1) is 0 Å². The van der Waals surface area contributed by atoms with E-state index in [1.165, 1.54) is 0 Å². The number of amides is 1. The quantitative estimate of drug-likeness (QED) is 0.650. The number of carbonyl (C=O) groups is 2. The Hall–Kier alpha value is -2.54. The summed E-state index contributed by atoms with van der Waals surface area (Å²) in [7, 11) is 0. The van der Waals surface area contributed by atoms with E-state index in [1.807, 2.05) is 13.8 Å². The van der Waals surface area contributed by atoms with Crippen molar-refractivity contribution in [3.63, 3.8) is 0 Å². The van der Waals surface area contributed by atoms with Crippen LogP contribution < -0.4 is 14.8 Å². The molecule has 0 saturated carbocycles. The molecule has 1 N–H and O–H groups in total. The van der Waals surface area contributed by atoms with E-state index in [4.69, 9.17) is 14.2 Å². The summed E-state index contributed by atoms with van der Waals surface area (Å²) in [6, 6.07) is 11.8. The van der Waals surface area contributed by atoms with Crippen LogP contribution in [0.25, 0.3) is 0 Å². The molecule has 1 amide bonds. The van der Waals surface area contributed by atoms with Crippen molar-refractivity contribution in [1.82, 2.24) is 0 Å². The van der Waals surface area contributed by atoms with E-state index >= 15 is 0 Å². The summed E-state index contributed by atoms with van der Waals surface area (Å²) in [4.78, 5) is 24.0. The van der Waals surface area contributed by atoms with Gasteiger partial charge in [-0.2, -0.15) is 0 Å². The minimum Gasteiger partial charge on any atom is -0.490 e. The predicted octanol–water partition coefficient (Wildman–Crippen LogP) is 4.04. The van der Waals surface area contributed by atoms with E-state index < -0.39 is 11.9 Å². The zero-order valence-corrected chi connectivity index (χ0v) is 16.2. The molecule has 0 fully saturated rings. The highest BCUT2D eigenvalue weighted by Crippen LogP contribution is 2.30. The van der Waals surface area contributed by atoms with E-state index in [2.05, 4.69) is 21.2 Å². The highest BCUT2D eigenvalue weighted by molar-refractivity contribution is 9.10. The fraction of sp³-hybridized carbons (Fsp3) is 0.263. The first-order valence-corrected chi connectivity index (χ1v) is 8.95. The van der Waals surface area contributed by atoms with E-state index in [9.17, 15) is 9.59 Å². The van der Waals surface area contributed by atoms with Gasteiger partial charge in [0.25, 0.3) is 5.91 Å². The lowest BCUT2D eigenvalue weighted by molar-refractivity contribution is -0.119. The standard InChI is InChI=1S/C19H20BrNO5/c1-3-24-16-9-8-15(11-17(16)25-4-2)21-18(22)12-26-19(23)13-6-5-7-14(20)10-13/h5-11H,3-4,12H2,1-2H3,(H,21,22). The zero-order valence-electron chi connectivity index (χ0n) is 14.6. The number of hydrogen-bond donors (Lipinski definition) is 1. The number of esters is 1. The largest absolute Gasteiger partial charge is 0.490 e. The number of anilines is 1. The van der Waals surface area contributed by atoms with Crippen LogP contribution in [0.5, 0.6) is 11.5 Å². The molecule has 0 aliphatic heterocycles. The summed E-state index contributed by atoms with van der Waals surface area (Å²) >= 11 is 3.28. The van der Waals surface area contributed by atoms with Gasteiger partial charge in [-0.1, -0.05) is 22.0 Å². The normalized spacial score (nSPS) is 10.1. The van der Waals surface area contributed by atoms with Gasteiger partial charge < -0.3 is 19.5 Å². The van der Waals surface area contributed by atoms with Gasteiger partial charge in [-0.05, 0) is 44.2 Å². The molecule has 138 valence electrons. The van der Waals surface area contributed by atoms with Crippen molar-refractivity contribution in [1.29, 1.82) is 0 Å². The molecule has 0 aromatic heterocycles. The van der Waals surface area contributed by atoms with Crippen molar-refractivity contribution >= 4 is 33.5 Å². The summed E-state index contributed by atoms with van der Waals surface area (Å²) in [6.45, 7) is 4.34. The Balaban J connectivity index is 1.94. The van der Waals surface area contributed by atoms with Crippen molar-refractivity contribution in [2.24, 2.45) is 0 Å². The van der Waals surface area contributed by atoms with Crippen LogP contribution in [0.1, 0.15) is 24.2 Å². The third-order valence-corrected chi connectivity index (χ3v) is 3.72. The first kappa shape index (κ1) is 19.8. The molecule has 0 unspecified atom stereocenters. The van der Waals surface area contributed by atoms with Gasteiger partial charge in [0, 0.05) is 16.2 Å². The van der Waals surface area contributed by atoms with Crippen molar-refractivity contribution in [3.05, 3.63) is 52.5 Å². The SMILES string of the molecule is CCOc1ccc(NC(=O)COC(=O)c2cccc(Br)c2)cc1OCC. The minimum absolute atomic E-state index is 0.367. The maximum Gasteiger partial charge on any atom is 0.338 e. The molecule has 0 atom stereocenters. The average molecular weight is 422 g/mol. The summed E-state index contributed by atoms with van der Waals surface area (Å²) < 4.78 is 16.8. The molecule has 2 aromatic carbocycles. The van der Waals surface area contributed by atoms with Crippen LogP contribution in [-0.2, 0) is 9.53 Å². The Morgan fingerprint density at radius 2 is 1.73 bits per heavy atom. The second-order valence-corrected chi connectivity index (χ2v) is 6.08. The Kier molecular flexibility index (Phi) is 7.47. The van der Waals surface area contributed by atoms with Crippen molar-refractivity contribution in [3.8, 4) is 11.5 Å². The maximum absolute atomic E-state index is 12.0. The molecule has 0 heterocycles. The fourth-order valence-corrected chi connectivity index (χ4v) is 2.56.